The first-order chi connectivity index (χ1) is 14.8. The smallest absolute Gasteiger partial charge is 0.335 e. The summed E-state index contributed by atoms with van der Waals surface area (Å²) >= 11 is 0. The summed E-state index contributed by atoms with van der Waals surface area (Å²) in [5, 5.41) is 12.4. The number of hydrogen-bond donors (Lipinski definition) is 2. The number of hydrogen-bond acceptors (Lipinski definition) is 6. The Morgan fingerprint density at radius 1 is 1.29 bits per heavy atom. The van der Waals surface area contributed by atoms with E-state index in [9.17, 15) is 14.7 Å². The normalized spacial score (nSPS) is 15.8. The molecule has 0 fully saturated rings. The van der Waals surface area contributed by atoms with Gasteiger partial charge in [0.05, 0.1) is 35.9 Å². The highest BCUT2D eigenvalue weighted by Gasteiger charge is 2.35. The average Bonchev–Trinajstić information content (AvgIpc) is 2.75. The van der Waals surface area contributed by atoms with E-state index >= 15 is 0 Å². The molecule has 0 radical (unpaired) electrons. The van der Waals surface area contributed by atoms with Gasteiger partial charge in [-0.3, -0.25) is 4.79 Å². The first kappa shape index (κ1) is 22.4. The molecule has 3 rings (SSSR count). The predicted octanol–water partition coefficient (Wildman–Crippen LogP) is 4.14. The number of anilines is 4. The lowest BCUT2D eigenvalue weighted by atomic mass is 10.0. The third-order valence-electron chi connectivity index (χ3n) is 5.57. The molecule has 1 unspecified atom stereocenters. The van der Waals surface area contributed by atoms with Gasteiger partial charge in [0.15, 0.2) is 0 Å². The second-order valence-electron chi connectivity index (χ2n) is 8.10. The Bertz CT molecular complexity index is 976. The van der Waals surface area contributed by atoms with Crippen LogP contribution in [0.1, 0.15) is 44.0 Å². The van der Waals surface area contributed by atoms with Crippen molar-refractivity contribution in [2.24, 2.45) is 5.92 Å². The molecule has 166 valence electrons. The summed E-state index contributed by atoms with van der Waals surface area (Å²) in [6, 6.07) is 6.37. The molecule has 0 bridgehead atoms. The highest BCUT2D eigenvalue weighted by atomic mass is 16.5. The predicted molar refractivity (Wildman–Crippen MR) is 122 cm³/mol. The molecule has 0 saturated carbocycles. The number of amides is 1. The van der Waals surface area contributed by atoms with E-state index in [2.05, 4.69) is 29.0 Å². The molecule has 1 aliphatic heterocycles. The Hall–Kier alpha value is -3.29. The Kier molecular flexibility index (Phi) is 6.68. The van der Waals surface area contributed by atoms with Crippen LogP contribution in [0.2, 0.25) is 0 Å². The molecular formula is C23H30N4O4. The zero-order valence-corrected chi connectivity index (χ0v) is 18.7. The number of aromatic nitrogens is 1. The number of ether oxygens (including phenoxy) is 1. The van der Waals surface area contributed by atoms with Crippen molar-refractivity contribution in [3.8, 4) is 5.75 Å². The maximum absolute atomic E-state index is 12.9. The minimum atomic E-state index is -1.02. The summed E-state index contributed by atoms with van der Waals surface area (Å²) < 4.78 is 5.36. The fourth-order valence-corrected chi connectivity index (χ4v) is 3.77. The zero-order valence-electron chi connectivity index (χ0n) is 18.7. The molecule has 1 aromatic carbocycles. The van der Waals surface area contributed by atoms with Crippen LogP contribution in [0, 0.1) is 5.92 Å². The minimum Gasteiger partial charge on any atom is -0.495 e. The molecule has 1 atom stereocenters. The molecule has 2 N–H and O–H groups in total. The quantitative estimate of drug-likeness (QED) is 0.655. The van der Waals surface area contributed by atoms with E-state index in [1.54, 1.807) is 24.2 Å². The number of pyridine rings is 1. The number of carboxylic acids is 1. The van der Waals surface area contributed by atoms with Crippen molar-refractivity contribution in [3.63, 3.8) is 0 Å². The first-order valence-electron chi connectivity index (χ1n) is 10.5. The fourth-order valence-electron chi connectivity index (χ4n) is 3.77. The third-order valence-corrected chi connectivity index (χ3v) is 5.57. The molecule has 2 aromatic rings. The second-order valence-corrected chi connectivity index (χ2v) is 8.10. The molecule has 1 aliphatic rings. The summed E-state index contributed by atoms with van der Waals surface area (Å²) in [4.78, 5) is 32.5. The Morgan fingerprint density at radius 3 is 2.65 bits per heavy atom. The zero-order chi connectivity index (χ0) is 22.7. The van der Waals surface area contributed by atoms with Crippen LogP contribution in [0.25, 0.3) is 0 Å². The maximum atomic E-state index is 12.9. The van der Waals surface area contributed by atoms with Crippen molar-refractivity contribution < 1.29 is 19.4 Å². The van der Waals surface area contributed by atoms with Crippen molar-refractivity contribution in [3.05, 3.63) is 36.0 Å². The van der Waals surface area contributed by atoms with Crippen molar-refractivity contribution in [2.75, 3.05) is 35.8 Å². The van der Waals surface area contributed by atoms with E-state index in [1.807, 2.05) is 13.0 Å². The molecule has 0 aliphatic carbocycles. The third kappa shape index (κ3) is 4.57. The molecule has 31 heavy (non-hydrogen) atoms. The van der Waals surface area contributed by atoms with Crippen LogP contribution >= 0.6 is 0 Å². The van der Waals surface area contributed by atoms with Crippen LogP contribution in [0.4, 0.5) is 22.9 Å². The summed E-state index contributed by atoms with van der Waals surface area (Å²) in [5.74, 6) is 0.581. The number of likely N-dealkylation sites (N-methyl/N-ethyl adjacent to an activating group) is 1. The lowest BCUT2D eigenvalue weighted by Gasteiger charge is -2.41. The second kappa shape index (κ2) is 9.24. The number of fused-ring (bicyclic) bond motifs is 1. The van der Waals surface area contributed by atoms with Crippen LogP contribution in [-0.2, 0) is 4.79 Å². The van der Waals surface area contributed by atoms with Crippen molar-refractivity contribution in [2.45, 2.75) is 39.7 Å². The number of methoxy groups -OCH3 is 1. The highest BCUT2D eigenvalue weighted by molar-refractivity contribution is 6.05. The number of carboxylic acid groups (broad SMARTS) is 1. The number of aromatic carboxylic acids is 1. The van der Waals surface area contributed by atoms with Gasteiger partial charge < -0.3 is 25.0 Å². The van der Waals surface area contributed by atoms with Gasteiger partial charge in [-0.1, -0.05) is 20.8 Å². The van der Waals surface area contributed by atoms with E-state index in [1.165, 1.54) is 19.2 Å². The van der Waals surface area contributed by atoms with Gasteiger partial charge in [0.1, 0.15) is 17.6 Å². The number of nitrogens with zero attached hydrogens (tertiary/aromatic N) is 3. The van der Waals surface area contributed by atoms with Crippen LogP contribution < -0.4 is 19.9 Å². The Balaban J connectivity index is 1.98. The summed E-state index contributed by atoms with van der Waals surface area (Å²) in [5.41, 5.74) is 2.48. The van der Waals surface area contributed by atoms with Gasteiger partial charge in [-0.2, -0.15) is 0 Å². The van der Waals surface area contributed by atoms with Crippen LogP contribution in [0.5, 0.6) is 5.75 Å². The summed E-state index contributed by atoms with van der Waals surface area (Å²) in [7, 11) is 3.28. The van der Waals surface area contributed by atoms with Crippen molar-refractivity contribution >= 4 is 34.8 Å². The largest absolute Gasteiger partial charge is 0.495 e. The number of carbonyl (C=O) groups excluding carboxylic acids is 1. The van der Waals surface area contributed by atoms with Crippen LogP contribution in [0.15, 0.2) is 30.5 Å². The van der Waals surface area contributed by atoms with E-state index < -0.39 is 5.97 Å². The fraction of sp³-hybridized carbons (Fsp3) is 0.435. The molecule has 1 aromatic heterocycles. The van der Waals surface area contributed by atoms with Gasteiger partial charge in [-0.25, -0.2) is 9.78 Å². The Morgan fingerprint density at radius 2 is 2.03 bits per heavy atom. The molecule has 1 amide bonds. The Labute approximate surface area is 182 Å². The average molecular weight is 427 g/mol. The van der Waals surface area contributed by atoms with Crippen molar-refractivity contribution in [1.82, 2.24) is 4.98 Å². The summed E-state index contributed by atoms with van der Waals surface area (Å²) in [6.45, 7) is 7.15. The molecular weight excluding hydrogens is 396 g/mol. The summed E-state index contributed by atoms with van der Waals surface area (Å²) in [6.07, 6.45) is 3.39. The minimum absolute atomic E-state index is 0.0761. The van der Waals surface area contributed by atoms with Gasteiger partial charge in [0.25, 0.3) is 0 Å². The first-order valence-corrected chi connectivity index (χ1v) is 10.5. The lowest BCUT2D eigenvalue weighted by molar-refractivity contribution is -0.120. The van der Waals surface area contributed by atoms with Gasteiger partial charge in [-0.05, 0) is 37.0 Å². The van der Waals surface area contributed by atoms with Gasteiger partial charge in [0.2, 0.25) is 5.91 Å². The number of nitrogens with one attached hydrogen (secondary N) is 1. The van der Waals surface area contributed by atoms with Crippen LogP contribution in [-0.4, -0.2) is 48.7 Å². The van der Waals surface area contributed by atoms with Crippen LogP contribution in [0.3, 0.4) is 0 Å². The number of rotatable bonds is 8. The number of carbonyl (C=O) groups is 2. The van der Waals surface area contributed by atoms with E-state index in [0.29, 0.717) is 23.2 Å². The highest BCUT2D eigenvalue weighted by Crippen LogP contribution is 2.38. The van der Waals surface area contributed by atoms with Crippen molar-refractivity contribution in [1.29, 1.82) is 0 Å². The van der Waals surface area contributed by atoms with E-state index in [0.717, 1.165) is 30.8 Å². The molecule has 8 heteroatoms. The molecule has 0 saturated heterocycles. The topological polar surface area (TPSA) is 95.0 Å². The van der Waals surface area contributed by atoms with E-state index in [-0.39, 0.29) is 17.5 Å². The standard InChI is InChI=1S/C23H30N4O4/c1-6-17-22(28)26(4)19-13-24-21(12-18(19)27(17)10-9-14(2)3)25-16-8-7-15(23(29)30)11-20(16)31-5/h7-8,11-14,17H,6,9-10H2,1-5H3,(H,24,25)(H,29,30). The molecule has 2 heterocycles. The lowest BCUT2D eigenvalue weighted by Crippen LogP contribution is -2.52. The van der Waals surface area contributed by atoms with E-state index in [4.69, 9.17) is 4.74 Å². The monoisotopic (exact) mass is 426 g/mol. The maximum Gasteiger partial charge on any atom is 0.335 e. The van der Waals surface area contributed by atoms with Gasteiger partial charge in [0, 0.05) is 19.7 Å². The molecule has 8 nitrogen and oxygen atoms in total. The molecule has 0 spiro atoms. The van der Waals surface area contributed by atoms with Gasteiger partial charge in [-0.15, -0.1) is 0 Å². The number of benzene rings is 1. The van der Waals surface area contributed by atoms with Gasteiger partial charge >= 0.3 is 5.97 Å². The SMILES string of the molecule is CCC1C(=O)N(C)c2cnc(Nc3ccc(C(=O)O)cc3OC)cc2N1CCC(C)C.